The van der Waals surface area contributed by atoms with Crippen molar-refractivity contribution in [3.63, 3.8) is 0 Å². The maximum Gasteiger partial charge on any atom is 0.388 e. The highest BCUT2D eigenvalue weighted by Gasteiger charge is 2.08. The van der Waals surface area contributed by atoms with Gasteiger partial charge in [-0.3, -0.25) is 0 Å². The van der Waals surface area contributed by atoms with Crippen LogP contribution >= 0.6 is 22.6 Å². The Bertz CT molecular complexity index is 215. The predicted molar refractivity (Wildman–Crippen MR) is 37.9 cm³/mol. The molecule has 6 heteroatoms. The molecule has 0 aliphatic rings. The molecule has 1 aromatic rings. The molecular formula is C4H3F2IN2O. The van der Waals surface area contributed by atoms with Crippen molar-refractivity contribution in [3.05, 3.63) is 9.77 Å². The fourth-order valence-electron chi connectivity index (χ4n) is 0.431. The molecule has 1 heterocycles. The number of ether oxygens (including phenoxy) is 1. The summed E-state index contributed by atoms with van der Waals surface area (Å²) in [4.78, 5) is 0. The minimum atomic E-state index is -2.80. The summed E-state index contributed by atoms with van der Waals surface area (Å²) in [5.41, 5.74) is 0. The van der Waals surface area contributed by atoms with Crippen molar-refractivity contribution < 1.29 is 13.5 Å². The van der Waals surface area contributed by atoms with Crippen molar-refractivity contribution in [1.29, 1.82) is 0 Å². The van der Waals surface area contributed by atoms with E-state index in [1.165, 1.54) is 6.20 Å². The van der Waals surface area contributed by atoms with E-state index in [-0.39, 0.29) is 5.88 Å². The van der Waals surface area contributed by atoms with Crippen LogP contribution in [0.2, 0.25) is 0 Å². The standard InChI is InChI=1S/C4H3F2IN2O/c5-4(6)10-3-2(7)1-8-9-3/h1,4H,(H,8,9). The lowest BCUT2D eigenvalue weighted by atomic mass is 10.7. The number of aromatic amines is 1. The van der Waals surface area contributed by atoms with Crippen molar-refractivity contribution in [3.8, 4) is 5.88 Å². The Hall–Kier alpha value is -0.400. The second kappa shape index (κ2) is 3.13. The molecule has 0 atom stereocenters. The van der Waals surface area contributed by atoms with Gasteiger partial charge in [0.25, 0.3) is 0 Å². The molecule has 56 valence electrons. The van der Waals surface area contributed by atoms with E-state index in [0.29, 0.717) is 3.57 Å². The second-order valence-electron chi connectivity index (χ2n) is 1.43. The van der Waals surface area contributed by atoms with E-state index in [2.05, 4.69) is 14.9 Å². The third-order valence-corrected chi connectivity index (χ3v) is 1.54. The molecule has 0 aliphatic carbocycles. The second-order valence-corrected chi connectivity index (χ2v) is 2.59. The molecule has 3 nitrogen and oxygen atoms in total. The van der Waals surface area contributed by atoms with Crippen LogP contribution in [0, 0.1) is 3.57 Å². The quantitative estimate of drug-likeness (QED) is 0.820. The van der Waals surface area contributed by atoms with Crippen molar-refractivity contribution in [2.24, 2.45) is 0 Å². The summed E-state index contributed by atoms with van der Waals surface area (Å²) >= 11 is 1.84. The van der Waals surface area contributed by atoms with Crippen molar-refractivity contribution in [2.75, 3.05) is 0 Å². The first-order valence-corrected chi connectivity index (χ1v) is 3.41. The maximum atomic E-state index is 11.5. The zero-order chi connectivity index (χ0) is 7.56. The van der Waals surface area contributed by atoms with Crippen molar-refractivity contribution >= 4 is 22.6 Å². The van der Waals surface area contributed by atoms with Gasteiger partial charge in [-0.1, -0.05) is 0 Å². The number of aromatic nitrogens is 2. The van der Waals surface area contributed by atoms with E-state index in [1.807, 2.05) is 22.6 Å². The van der Waals surface area contributed by atoms with E-state index in [0.717, 1.165) is 0 Å². The molecule has 0 fully saturated rings. The zero-order valence-electron chi connectivity index (χ0n) is 4.64. The lowest BCUT2D eigenvalue weighted by Gasteiger charge is -1.99. The number of alkyl halides is 2. The van der Waals surface area contributed by atoms with Crippen LogP contribution in [-0.4, -0.2) is 16.8 Å². The molecule has 0 spiro atoms. The molecule has 0 aromatic carbocycles. The summed E-state index contributed by atoms with van der Waals surface area (Å²) in [5, 5.41) is 5.76. The van der Waals surface area contributed by atoms with Gasteiger partial charge < -0.3 is 4.74 Å². The highest BCUT2D eigenvalue weighted by atomic mass is 127. The predicted octanol–water partition coefficient (Wildman–Crippen LogP) is 1.62. The molecule has 0 radical (unpaired) electrons. The molecule has 1 rings (SSSR count). The summed E-state index contributed by atoms with van der Waals surface area (Å²) in [6, 6.07) is 0. The monoisotopic (exact) mass is 260 g/mol. The Kier molecular flexibility index (Phi) is 2.41. The Balaban J connectivity index is 2.65. The summed E-state index contributed by atoms with van der Waals surface area (Å²) in [7, 11) is 0. The Morgan fingerprint density at radius 2 is 2.40 bits per heavy atom. The average molecular weight is 260 g/mol. The van der Waals surface area contributed by atoms with E-state index in [1.54, 1.807) is 0 Å². The highest BCUT2D eigenvalue weighted by Crippen LogP contribution is 2.17. The van der Waals surface area contributed by atoms with Gasteiger partial charge in [0.1, 0.15) is 0 Å². The van der Waals surface area contributed by atoms with Crippen LogP contribution < -0.4 is 4.74 Å². The van der Waals surface area contributed by atoms with Crippen molar-refractivity contribution in [1.82, 2.24) is 10.2 Å². The van der Waals surface area contributed by atoms with E-state index < -0.39 is 6.61 Å². The lowest BCUT2D eigenvalue weighted by molar-refractivity contribution is -0.0534. The van der Waals surface area contributed by atoms with Gasteiger partial charge >= 0.3 is 6.61 Å². The normalized spacial score (nSPS) is 10.4. The number of nitrogens with zero attached hydrogens (tertiary/aromatic N) is 1. The van der Waals surface area contributed by atoms with Gasteiger partial charge in [0.15, 0.2) is 0 Å². The molecule has 0 unspecified atom stereocenters. The van der Waals surface area contributed by atoms with Gasteiger partial charge in [0.2, 0.25) is 5.88 Å². The molecular weight excluding hydrogens is 257 g/mol. The third kappa shape index (κ3) is 1.79. The van der Waals surface area contributed by atoms with Crippen LogP contribution in [0.15, 0.2) is 6.20 Å². The van der Waals surface area contributed by atoms with E-state index >= 15 is 0 Å². The van der Waals surface area contributed by atoms with Crippen LogP contribution in [0.4, 0.5) is 8.78 Å². The van der Waals surface area contributed by atoms with Gasteiger partial charge in [-0.2, -0.15) is 13.9 Å². The topological polar surface area (TPSA) is 37.9 Å². The molecule has 0 saturated heterocycles. The van der Waals surface area contributed by atoms with Crippen LogP contribution in [0.25, 0.3) is 0 Å². The van der Waals surface area contributed by atoms with Crippen molar-refractivity contribution in [2.45, 2.75) is 6.61 Å². The average Bonchev–Trinajstić information content (AvgIpc) is 2.15. The van der Waals surface area contributed by atoms with Crippen LogP contribution in [0.3, 0.4) is 0 Å². The molecule has 0 aliphatic heterocycles. The Labute approximate surface area is 68.9 Å². The van der Waals surface area contributed by atoms with Gasteiger partial charge in [-0.15, -0.1) is 0 Å². The molecule has 10 heavy (non-hydrogen) atoms. The molecule has 0 saturated carbocycles. The van der Waals surface area contributed by atoms with Gasteiger partial charge in [0, 0.05) is 0 Å². The summed E-state index contributed by atoms with van der Waals surface area (Å²) in [6.07, 6.45) is 1.40. The van der Waals surface area contributed by atoms with Gasteiger partial charge in [-0.25, -0.2) is 5.10 Å². The minimum absolute atomic E-state index is 0.00981. The SMILES string of the molecule is FC(F)Oc1[nH]ncc1I. The fourth-order valence-corrected chi connectivity index (χ4v) is 0.818. The molecule has 0 amide bonds. The first kappa shape index (κ1) is 7.70. The lowest BCUT2D eigenvalue weighted by Crippen LogP contribution is -2.02. The first-order chi connectivity index (χ1) is 4.70. The van der Waals surface area contributed by atoms with Crippen LogP contribution in [0.5, 0.6) is 5.88 Å². The maximum absolute atomic E-state index is 11.5. The zero-order valence-corrected chi connectivity index (χ0v) is 6.80. The number of hydrogen-bond donors (Lipinski definition) is 1. The molecule has 1 N–H and O–H groups in total. The summed E-state index contributed by atoms with van der Waals surface area (Å²) < 4.78 is 27.6. The highest BCUT2D eigenvalue weighted by molar-refractivity contribution is 14.1. The number of nitrogens with one attached hydrogen (secondary N) is 1. The molecule has 1 aromatic heterocycles. The summed E-state index contributed by atoms with van der Waals surface area (Å²) in [6.45, 7) is -2.80. The number of H-pyrrole nitrogens is 1. The number of rotatable bonds is 2. The largest absolute Gasteiger partial charge is 0.416 e. The fraction of sp³-hybridized carbons (Fsp3) is 0.250. The minimum Gasteiger partial charge on any atom is -0.416 e. The Morgan fingerprint density at radius 3 is 2.80 bits per heavy atom. The van der Waals surface area contributed by atoms with Gasteiger partial charge in [-0.05, 0) is 22.6 Å². The number of halogens is 3. The smallest absolute Gasteiger partial charge is 0.388 e. The number of hydrogen-bond acceptors (Lipinski definition) is 2. The summed E-state index contributed by atoms with van der Waals surface area (Å²) in [5.74, 6) is 0.00981. The van der Waals surface area contributed by atoms with E-state index in [9.17, 15) is 8.78 Å². The van der Waals surface area contributed by atoms with Crippen LogP contribution in [-0.2, 0) is 0 Å². The van der Waals surface area contributed by atoms with Crippen LogP contribution in [0.1, 0.15) is 0 Å². The Morgan fingerprint density at radius 1 is 1.70 bits per heavy atom. The third-order valence-electron chi connectivity index (χ3n) is 0.768. The first-order valence-electron chi connectivity index (χ1n) is 2.34. The van der Waals surface area contributed by atoms with E-state index in [4.69, 9.17) is 0 Å². The molecule has 0 bridgehead atoms. The van der Waals surface area contributed by atoms with Gasteiger partial charge in [0.05, 0.1) is 9.77 Å².